The third-order valence-corrected chi connectivity index (χ3v) is 16.3. The summed E-state index contributed by atoms with van der Waals surface area (Å²) in [5.74, 6) is 0. The van der Waals surface area contributed by atoms with Crippen LogP contribution in [0, 0.1) is 0 Å². The molecule has 0 unspecified atom stereocenters. The summed E-state index contributed by atoms with van der Waals surface area (Å²) in [7, 11) is 0. The second-order valence-corrected chi connectivity index (χ2v) is 23.5. The highest BCUT2D eigenvalue weighted by Crippen LogP contribution is 2.20. The summed E-state index contributed by atoms with van der Waals surface area (Å²) < 4.78 is 4.77. The van der Waals surface area contributed by atoms with Crippen molar-refractivity contribution >= 4 is 6.09 Å². The average molecular weight is 1000 g/mol. The van der Waals surface area contributed by atoms with Crippen LogP contribution in [0.1, 0.15) is 411 Å². The fourth-order valence-corrected chi connectivity index (χ4v) is 11.3. The van der Waals surface area contributed by atoms with E-state index in [4.69, 9.17) is 15.6 Å². The molecule has 4 heteroatoms. The Morgan fingerprint density at radius 2 is 0.296 bits per heavy atom. The minimum Gasteiger partial charge on any atom is -0.450 e. The molecule has 1 amide bonds. The number of aliphatic hydroxyl groups is 1. The first-order valence-electron chi connectivity index (χ1n) is 33.8. The summed E-state index contributed by atoms with van der Waals surface area (Å²) in [6, 6.07) is 0. The molecule has 3 N–H and O–H groups in total. The zero-order valence-corrected chi connectivity index (χ0v) is 49.0. The molecule has 0 aromatic rings. The maximum Gasteiger partial charge on any atom is 0.404 e. The summed E-state index contributed by atoms with van der Waals surface area (Å²) in [6.45, 7) is 0.853. The van der Waals surface area contributed by atoms with E-state index in [1.54, 1.807) is 0 Å². The highest BCUT2D eigenvalue weighted by atomic mass is 16.5. The normalized spacial score (nSPS) is 11.6. The van der Waals surface area contributed by atoms with Crippen LogP contribution in [-0.2, 0) is 4.74 Å². The van der Waals surface area contributed by atoms with Gasteiger partial charge in [0.2, 0.25) is 0 Å². The lowest BCUT2D eigenvalue weighted by molar-refractivity contribution is 0.154. The van der Waals surface area contributed by atoms with E-state index in [-0.39, 0.29) is 0 Å². The van der Waals surface area contributed by atoms with Crippen molar-refractivity contribution in [1.82, 2.24) is 0 Å². The predicted molar refractivity (Wildman–Crippen MR) is 318 cm³/mol. The zero-order chi connectivity index (χ0) is 51.0. The maximum atomic E-state index is 10.5. The number of hydrogen-bond acceptors (Lipinski definition) is 3. The van der Waals surface area contributed by atoms with Crippen molar-refractivity contribution in [2.24, 2.45) is 5.73 Å². The molecule has 0 aliphatic heterocycles. The molecule has 0 aliphatic rings. The molecule has 0 saturated heterocycles. The van der Waals surface area contributed by atoms with Crippen LogP contribution in [0.2, 0.25) is 0 Å². The fraction of sp³-hybridized carbons (Fsp3) is 0.985. The average Bonchev–Trinajstić information content (AvgIpc) is 3.37. The quantitative estimate of drug-likeness (QED) is 0.0596. The van der Waals surface area contributed by atoms with Crippen molar-refractivity contribution in [1.29, 1.82) is 0 Å². The summed E-state index contributed by atoms with van der Waals surface area (Å²) >= 11 is 0. The van der Waals surface area contributed by atoms with Crippen molar-refractivity contribution in [3.8, 4) is 0 Å². The van der Waals surface area contributed by atoms with Crippen LogP contribution in [0.15, 0.2) is 0 Å². The standard InChI is InChI=1S/C67H135NO3/c68-67(70)71-66-64-62-60-58-56-54-52-50-48-46-44-42-40-38-36-34-32-30-28-26-24-22-20-18-16-14-12-10-8-6-4-2-1-3-5-7-9-11-13-15-17-19-21-23-25-27-29-31-33-35-37-39-41-43-45-47-49-51-53-55-57-59-61-63-65-69/h69H,1-66H2,(H2,68,70). The number of nitrogens with two attached hydrogens (primary N) is 1. The third kappa shape index (κ3) is 69.2. The number of carbonyl (C=O) groups is 1. The number of aliphatic hydroxyl groups excluding tert-OH is 1. The van der Waals surface area contributed by atoms with Crippen LogP contribution < -0.4 is 5.73 Å². The first-order chi connectivity index (χ1) is 35.3. The molecule has 0 aromatic heterocycles. The lowest BCUT2D eigenvalue weighted by atomic mass is 10.0. The SMILES string of the molecule is NC(=O)OCCCCCCCCCCCCCCCCCCCCCCCCCCCCCCCCCCCCCCCCCCCCCCCCCCCCCCCCCCCCCCCCCCO. The van der Waals surface area contributed by atoms with Crippen LogP contribution in [0.3, 0.4) is 0 Å². The molecular weight excluding hydrogens is 867 g/mol. The predicted octanol–water partition coefficient (Wildman–Crippen LogP) is 24.0. The van der Waals surface area contributed by atoms with Gasteiger partial charge >= 0.3 is 6.09 Å². The molecule has 0 aliphatic carbocycles. The largest absolute Gasteiger partial charge is 0.450 e. The molecule has 0 saturated carbocycles. The van der Waals surface area contributed by atoms with Gasteiger partial charge in [-0.05, 0) is 12.8 Å². The Morgan fingerprint density at radius 1 is 0.197 bits per heavy atom. The van der Waals surface area contributed by atoms with E-state index < -0.39 is 6.09 Å². The van der Waals surface area contributed by atoms with E-state index in [0.717, 1.165) is 19.3 Å². The molecule has 0 fully saturated rings. The Kier molecular flexibility index (Phi) is 66.5. The van der Waals surface area contributed by atoms with Crippen molar-refractivity contribution in [2.45, 2.75) is 411 Å². The van der Waals surface area contributed by atoms with Crippen LogP contribution >= 0.6 is 0 Å². The Labute approximate surface area is 448 Å². The van der Waals surface area contributed by atoms with E-state index in [1.807, 2.05) is 0 Å². The fourth-order valence-electron chi connectivity index (χ4n) is 11.3. The van der Waals surface area contributed by atoms with Gasteiger partial charge in [-0.25, -0.2) is 4.79 Å². The van der Waals surface area contributed by atoms with E-state index in [0.29, 0.717) is 13.2 Å². The molecule has 0 spiro atoms. The Hall–Kier alpha value is -0.770. The van der Waals surface area contributed by atoms with Crippen molar-refractivity contribution < 1.29 is 14.6 Å². The van der Waals surface area contributed by atoms with Gasteiger partial charge in [0.1, 0.15) is 0 Å². The summed E-state index contributed by atoms with van der Waals surface area (Å²) in [6.07, 6.45) is 91.2. The third-order valence-electron chi connectivity index (χ3n) is 16.3. The van der Waals surface area contributed by atoms with E-state index in [2.05, 4.69) is 0 Å². The van der Waals surface area contributed by atoms with E-state index in [1.165, 1.54) is 392 Å². The molecule has 0 rings (SSSR count). The highest BCUT2D eigenvalue weighted by molar-refractivity contribution is 5.64. The van der Waals surface area contributed by atoms with Gasteiger partial charge in [0.05, 0.1) is 6.61 Å². The molecular formula is C67H135NO3. The van der Waals surface area contributed by atoms with Gasteiger partial charge in [-0.1, -0.05) is 398 Å². The molecule has 0 atom stereocenters. The summed E-state index contributed by atoms with van der Waals surface area (Å²) in [5.41, 5.74) is 4.98. The smallest absolute Gasteiger partial charge is 0.404 e. The van der Waals surface area contributed by atoms with Gasteiger partial charge in [0, 0.05) is 6.61 Å². The number of hydrogen-bond donors (Lipinski definition) is 2. The molecule has 0 heterocycles. The first-order valence-corrected chi connectivity index (χ1v) is 33.8. The van der Waals surface area contributed by atoms with E-state index >= 15 is 0 Å². The van der Waals surface area contributed by atoms with Crippen molar-refractivity contribution in [3.05, 3.63) is 0 Å². The van der Waals surface area contributed by atoms with Gasteiger partial charge in [-0.3, -0.25) is 0 Å². The lowest BCUT2D eigenvalue weighted by Crippen LogP contribution is -2.13. The van der Waals surface area contributed by atoms with Crippen LogP contribution in [0.4, 0.5) is 4.79 Å². The molecule has 0 radical (unpaired) electrons. The highest BCUT2D eigenvalue weighted by Gasteiger charge is 2.01. The van der Waals surface area contributed by atoms with E-state index in [9.17, 15) is 4.79 Å². The Balaban J connectivity index is 3.07. The molecule has 0 bridgehead atoms. The van der Waals surface area contributed by atoms with Gasteiger partial charge in [0.15, 0.2) is 0 Å². The van der Waals surface area contributed by atoms with Crippen LogP contribution in [-0.4, -0.2) is 24.4 Å². The van der Waals surface area contributed by atoms with Gasteiger partial charge < -0.3 is 15.6 Å². The summed E-state index contributed by atoms with van der Waals surface area (Å²) in [4.78, 5) is 10.5. The number of primary amides is 1. The lowest BCUT2D eigenvalue weighted by Gasteiger charge is -2.05. The van der Waals surface area contributed by atoms with Crippen molar-refractivity contribution in [3.63, 3.8) is 0 Å². The van der Waals surface area contributed by atoms with Gasteiger partial charge in [-0.15, -0.1) is 0 Å². The molecule has 426 valence electrons. The monoisotopic (exact) mass is 1000 g/mol. The first kappa shape index (κ1) is 70.2. The second kappa shape index (κ2) is 67.2. The number of ether oxygens (including phenoxy) is 1. The Bertz CT molecular complexity index is 925. The topological polar surface area (TPSA) is 72.6 Å². The van der Waals surface area contributed by atoms with Gasteiger partial charge in [0.25, 0.3) is 0 Å². The van der Waals surface area contributed by atoms with Crippen LogP contribution in [0.5, 0.6) is 0 Å². The maximum absolute atomic E-state index is 10.5. The second-order valence-electron chi connectivity index (χ2n) is 23.5. The van der Waals surface area contributed by atoms with Crippen LogP contribution in [0.25, 0.3) is 0 Å². The van der Waals surface area contributed by atoms with Crippen molar-refractivity contribution in [2.75, 3.05) is 13.2 Å². The minimum absolute atomic E-state index is 0.373. The number of carbonyl (C=O) groups excluding carboxylic acids is 1. The number of amides is 1. The number of rotatable bonds is 66. The zero-order valence-electron chi connectivity index (χ0n) is 49.0. The molecule has 0 aromatic carbocycles. The summed E-state index contributed by atoms with van der Waals surface area (Å²) in [5, 5.41) is 8.84. The molecule has 4 nitrogen and oxygen atoms in total. The molecule has 71 heavy (non-hydrogen) atoms. The van der Waals surface area contributed by atoms with Gasteiger partial charge in [-0.2, -0.15) is 0 Å². The Morgan fingerprint density at radius 3 is 0.394 bits per heavy atom. The minimum atomic E-state index is -0.646. The number of unbranched alkanes of at least 4 members (excludes halogenated alkanes) is 63.